The summed E-state index contributed by atoms with van der Waals surface area (Å²) in [6.45, 7) is 1.74. The molecule has 0 bridgehead atoms. The number of fused-ring (bicyclic) bond motifs is 1. The molecule has 3 rings (SSSR count). The summed E-state index contributed by atoms with van der Waals surface area (Å²) in [6.07, 6.45) is 1.45. The predicted molar refractivity (Wildman–Crippen MR) is 113 cm³/mol. The van der Waals surface area contributed by atoms with Crippen molar-refractivity contribution in [1.29, 1.82) is 0 Å². The third-order valence-electron chi connectivity index (χ3n) is 4.59. The first-order chi connectivity index (χ1) is 14.1. The van der Waals surface area contributed by atoms with E-state index < -0.39 is 15.8 Å². The molecule has 0 radical (unpaired) electrons. The van der Waals surface area contributed by atoms with Crippen molar-refractivity contribution in [1.82, 2.24) is 10.0 Å². The van der Waals surface area contributed by atoms with Crippen molar-refractivity contribution in [3.63, 3.8) is 0 Å². The summed E-state index contributed by atoms with van der Waals surface area (Å²) in [7, 11) is -0.347. The average Bonchev–Trinajstić information content (AvgIpc) is 3.03. The highest BCUT2D eigenvalue weighted by Gasteiger charge is 2.24. The van der Waals surface area contributed by atoms with Crippen LogP contribution < -0.4 is 14.8 Å². The lowest BCUT2D eigenvalue weighted by Gasteiger charge is -2.15. The zero-order valence-electron chi connectivity index (χ0n) is 17.1. The van der Waals surface area contributed by atoms with Crippen LogP contribution in [0.2, 0.25) is 0 Å². The summed E-state index contributed by atoms with van der Waals surface area (Å²) in [5.41, 5.74) is 2.02. The van der Waals surface area contributed by atoms with E-state index in [9.17, 15) is 17.6 Å². The summed E-state index contributed by atoms with van der Waals surface area (Å²) in [6, 6.07) is 8.70. The first-order valence-corrected chi connectivity index (χ1v) is 11.1. The predicted octanol–water partition coefficient (Wildman–Crippen LogP) is 3.09. The summed E-state index contributed by atoms with van der Waals surface area (Å²) >= 11 is 0. The first kappa shape index (κ1) is 21.8. The Bertz CT molecular complexity index is 1190. The van der Waals surface area contributed by atoms with Crippen molar-refractivity contribution in [3.8, 4) is 17.1 Å². The monoisotopic (exact) mass is 434 g/mol. The number of hydrogen-bond donors (Lipinski definition) is 2. The van der Waals surface area contributed by atoms with Crippen LogP contribution in [0.15, 0.2) is 40.8 Å². The molecule has 3 aromatic rings. The Labute approximate surface area is 174 Å². The van der Waals surface area contributed by atoms with Crippen LogP contribution in [0.3, 0.4) is 0 Å². The number of amides is 1. The van der Waals surface area contributed by atoms with Gasteiger partial charge in [0.2, 0.25) is 10.0 Å². The van der Waals surface area contributed by atoms with E-state index in [-0.39, 0.29) is 11.9 Å². The molecule has 160 valence electrons. The number of sulfonamides is 1. The van der Waals surface area contributed by atoms with Gasteiger partial charge >= 0.3 is 0 Å². The smallest absolute Gasteiger partial charge is 0.255 e. The fraction of sp³-hybridized carbons (Fsp3) is 0.286. The minimum atomic E-state index is -3.36. The number of rotatable bonds is 7. The molecule has 0 spiro atoms. The molecule has 0 aliphatic heterocycles. The Kier molecular flexibility index (Phi) is 6.14. The van der Waals surface area contributed by atoms with Crippen molar-refractivity contribution < 1.29 is 26.8 Å². The van der Waals surface area contributed by atoms with Gasteiger partial charge in [0.1, 0.15) is 22.9 Å². The standard InChI is InChI=1S/C21H23FN2O5S/c1-12(24-30(4,26)27)9-14-10-18-16(11-17(14)28-3)19(21(25)23-2)20(29-18)13-5-7-15(22)8-6-13/h5-8,10-12,24H,9H2,1-4H3,(H,23,25). The largest absolute Gasteiger partial charge is 0.496 e. The molecule has 2 aromatic carbocycles. The number of halogens is 1. The number of furan rings is 1. The third-order valence-corrected chi connectivity index (χ3v) is 5.42. The van der Waals surface area contributed by atoms with Gasteiger partial charge in [0.15, 0.2) is 0 Å². The van der Waals surface area contributed by atoms with E-state index in [1.54, 1.807) is 19.1 Å². The molecule has 1 aromatic heterocycles. The van der Waals surface area contributed by atoms with E-state index in [2.05, 4.69) is 10.0 Å². The van der Waals surface area contributed by atoms with Gasteiger partial charge < -0.3 is 14.5 Å². The molecule has 1 atom stereocenters. The Morgan fingerprint density at radius 3 is 2.47 bits per heavy atom. The van der Waals surface area contributed by atoms with Gasteiger partial charge in [-0.25, -0.2) is 17.5 Å². The van der Waals surface area contributed by atoms with Crippen LogP contribution in [0.1, 0.15) is 22.8 Å². The van der Waals surface area contributed by atoms with Gasteiger partial charge in [-0.05, 0) is 55.3 Å². The molecule has 1 unspecified atom stereocenters. The van der Waals surface area contributed by atoms with Crippen LogP contribution in [0.5, 0.6) is 5.75 Å². The molecular formula is C21H23FN2O5S. The maximum absolute atomic E-state index is 13.3. The highest BCUT2D eigenvalue weighted by molar-refractivity contribution is 7.88. The maximum Gasteiger partial charge on any atom is 0.255 e. The summed E-state index contributed by atoms with van der Waals surface area (Å²) in [5, 5.41) is 3.14. The zero-order chi connectivity index (χ0) is 22.1. The Morgan fingerprint density at radius 2 is 1.90 bits per heavy atom. The van der Waals surface area contributed by atoms with Gasteiger partial charge in [-0.1, -0.05) is 0 Å². The van der Waals surface area contributed by atoms with Crippen molar-refractivity contribution >= 4 is 26.9 Å². The second-order valence-electron chi connectivity index (χ2n) is 7.05. The molecule has 30 heavy (non-hydrogen) atoms. The molecule has 0 aliphatic rings. The second-order valence-corrected chi connectivity index (χ2v) is 8.83. The molecule has 0 aliphatic carbocycles. The fourth-order valence-corrected chi connectivity index (χ4v) is 4.22. The molecule has 1 heterocycles. The van der Waals surface area contributed by atoms with Crippen molar-refractivity contribution in [2.75, 3.05) is 20.4 Å². The number of nitrogens with one attached hydrogen (secondary N) is 2. The van der Waals surface area contributed by atoms with Crippen LogP contribution in [0.25, 0.3) is 22.3 Å². The normalized spacial score (nSPS) is 12.7. The van der Waals surface area contributed by atoms with Crippen molar-refractivity contribution in [3.05, 3.63) is 53.3 Å². The summed E-state index contributed by atoms with van der Waals surface area (Å²) in [5.74, 6) is 0.0646. The number of carbonyl (C=O) groups excluding carboxylic acids is 1. The minimum Gasteiger partial charge on any atom is -0.496 e. The minimum absolute atomic E-state index is 0.311. The van der Waals surface area contributed by atoms with Gasteiger partial charge in [0.05, 0.1) is 18.9 Å². The second kappa shape index (κ2) is 8.45. The number of methoxy groups -OCH3 is 1. The topological polar surface area (TPSA) is 97.6 Å². The van der Waals surface area contributed by atoms with Crippen LogP contribution in [-0.4, -0.2) is 40.8 Å². The third kappa shape index (κ3) is 4.63. The zero-order valence-corrected chi connectivity index (χ0v) is 17.9. The lowest BCUT2D eigenvalue weighted by atomic mass is 10.0. The summed E-state index contributed by atoms with van der Waals surface area (Å²) < 4.78 is 50.4. The number of carbonyl (C=O) groups is 1. The fourth-order valence-electron chi connectivity index (χ4n) is 3.41. The van der Waals surface area contributed by atoms with Gasteiger partial charge in [0.25, 0.3) is 5.91 Å². The van der Waals surface area contributed by atoms with E-state index in [1.165, 1.54) is 38.4 Å². The quantitative estimate of drug-likeness (QED) is 0.596. The SMILES string of the molecule is CNC(=O)c1c(-c2ccc(F)cc2)oc2cc(CC(C)NS(C)(=O)=O)c(OC)cc12. The maximum atomic E-state index is 13.3. The van der Waals surface area contributed by atoms with Crippen molar-refractivity contribution in [2.24, 2.45) is 0 Å². The molecule has 7 nitrogen and oxygen atoms in total. The molecule has 2 N–H and O–H groups in total. The van der Waals surface area contributed by atoms with E-state index in [1.807, 2.05) is 0 Å². The molecular weight excluding hydrogens is 411 g/mol. The lowest BCUT2D eigenvalue weighted by Crippen LogP contribution is -2.33. The van der Waals surface area contributed by atoms with E-state index in [0.717, 1.165) is 11.8 Å². The molecule has 0 saturated carbocycles. The Hall–Kier alpha value is -2.91. The van der Waals surface area contributed by atoms with E-state index >= 15 is 0 Å². The molecule has 9 heteroatoms. The van der Waals surface area contributed by atoms with E-state index in [0.29, 0.717) is 40.0 Å². The van der Waals surface area contributed by atoms with Crippen LogP contribution >= 0.6 is 0 Å². The van der Waals surface area contributed by atoms with Crippen LogP contribution in [0, 0.1) is 5.82 Å². The van der Waals surface area contributed by atoms with Gasteiger partial charge in [-0.2, -0.15) is 0 Å². The highest BCUT2D eigenvalue weighted by Crippen LogP contribution is 2.37. The number of benzene rings is 2. The molecule has 0 fully saturated rings. The van der Waals surface area contributed by atoms with Crippen LogP contribution in [0.4, 0.5) is 4.39 Å². The average molecular weight is 434 g/mol. The van der Waals surface area contributed by atoms with Gasteiger partial charge in [-0.3, -0.25) is 4.79 Å². The Morgan fingerprint density at radius 1 is 1.23 bits per heavy atom. The summed E-state index contributed by atoms with van der Waals surface area (Å²) in [4.78, 5) is 12.6. The molecule has 1 amide bonds. The van der Waals surface area contributed by atoms with Gasteiger partial charge in [-0.15, -0.1) is 0 Å². The van der Waals surface area contributed by atoms with E-state index in [4.69, 9.17) is 9.15 Å². The molecule has 0 saturated heterocycles. The Balaban J connectivity index is 2.15. The van der Waals surface area contributed by atoms with Gasteiger partial charge in [0, 0.05) is 24.0 Å². The number of ether oxygens (including phenoxy) is 1. The van der Waals surface area contributed by atoms with Crippen molar-refractivity contribution in [2.45, 2.75) is 19.4 Å². The highest BCUT2D eigenvalue weighted by atomic mass is 32.2. The van der Waals surface area contributed by atoms with Crippen LogP contribution in [-0.2, 0) is 16.4 Å². The first-order valence-electron chi connectivity index (χ1n) is 9.21. The lowest BCUT2D eigenvalue weighted by molar-refractivity contribution is 0.0964. The number of hydrogen-bond acceptors (Lipinski definition) is 5.